The summed E-state index contributed by atoms with van der Waals surface area (Å²) in [6.45, 7) is 27.0. The van der Waals surface area contributed by atoms with Crippen LogP contribution in [0.2, 0.25) is 78.6 Å². The normalized spacial score (nSPS) is 12.2. The maximum atomic E-state index is 7.33. The van der Waals surface area contributed by atoms with Crippen LogP contribution in [0.5, 0.6) is 0 Å². The second-order valence-corrected chi connectivity index (χ2v) is 63.8. The van der Waals surface area contributed by atoms with E-state index in [0.717, 1.165) is 73.0 Å². The zero-order chi connectivity index (χ0) is 110. The SMILES string of the molecule is CC(C)c1ccnc(-c2[c-]cccc2)c1.C[Si](C)(C)c1c[c-]c(-c2ccccn2)c2sc3ccccc3c12.C[Si](C)(C)c1ccc2sc3c(-c4ccccn4)[c-]ccc3c2c1.C[Si](C)(C)c1cccc2c1sc1c(-c3ccccn3)[c-]ccc12.C[Si](C)(C)c1cccc2sc3c(-c4ccccn4)[c-]ccc3c12.[2H]C([2H])([2H])c1ccnc(-c2[c-]cccc2)c1.[2H]C([2H])([2H])c1ccnc(-c2[c-]cccc2)c1.[2H]C([2H])([2H])c1ccnc(-c2[c-]cccc2)c1.[Ir].[Ir].[Ir].[Ir]. The van der Waals surface area contributed by atoms with Crippen molar-refractivity contribution in [3.05, 3.63) is 460 Å². The Kier molecular flexibility index (Phi) is 36.2. The fourth-order valence-electron chi connectivity index (χ4n) is 17.0. The number of aryl methyl sites for hydroxylation is 3. The van der Waals surface area contributed by atoms with E-state index < -0.39 is 52.9 Å². The number of fused-ring (bicyclic) bond motifs is 12. The molecule has 0 aliphatic carbocycles. The Labute approximate surface area is 971 Å². The molecule has 0 aliphatic rings. The maximum absolute atomic E-state index is 7.33. The summed E-state index contributed by atoms with van der Waals surface area (Å²) in [6, 6.07) is 138. The molecule has 24 rings (SSSR count). The van der Waals surface area contributed by atoms with Gasteiger partial charge in [-0.15, -0.1) is 238 Å². The van der Waals surface area contributed by atoms with Gasteiger partial charge in [-0.25, -0.2) is 0 Å². The van der Waals surface area contributed by atoms with E-state index in [-0.39, 0.29) is 80.4 Å². The first-order chi connectivity index (χ1) is 74.2. The minimum absolute atomic E-state index is 0. The van der Waals surface area contributed by atoms with E-state index in [0.29, 0.717) is 39.7 Å². The van der Waals surface area contributed by atoms with Gasteiger partial charge >= 0.3 is 0 Å². The zero-order valence-electron chi connectivity index (χ0n) is 94.6. The second-order valence-electron chi connectivity index (χ2n) is 39.4. The van der Waals surface area contributed by atoms with E-state index in [4.69, 9.17) is 12.3 Å². The fourth-order valence-corrected chi connectivity index (χ4v) is 28.9. The third-order valence-corrected chi connectivity index (χ3v) is 37.6. The molecule has 0 spiro atoms. The topological polar surface area (TPSA) is 103 Å². The Morgan fingerprint density at radius 3 is 1.02 bits per heavy atom. The van der Waals surface area contributed by atoms with Crippen molar-refractivity contribution < 1.29 is 92.8 Å². The molecule has 0 unspecified atom stereocenters. The molecule has 0 fully saturated rings. The van der Waals surface area contributed by atoms with Crippen molar-refractivity contribution in [2.45, 2.75) is 119 Å². The van der Waals surface area contributed by atoms with Gasteiger partial charge in [-0.3, -0.25) is 0 Å². The Morgan fingerprint density at radius 1 is 0.240 bits per heavy atom. The molecule has 760 valence electrons. The van der Waals surface area contributed by atoms with E-state index in [1.165, 1.54) is 133 Å². The van der Waals surface area contributed by atoms with Gasteiger partial charge in [-0.2, -0.15) is 45.3 Å². The average Bonchev–Trinajstić information content (AvgIpc) is 1.60. The molecule has 0 amide bonds. The van der Waals surface area contributed by atoms with Crippen LogP contribution in [0, 0.1) is 69.1 Å². The number of benzene rings is 12. The van der Waals surface area contributed by atoms with Crippen LogP contribution in [0.3, 0.4) is 0 Å². The van der Waals surface area contributed by atoms with Crippen LogP contribution < -0.4 is 20.7 Å². The molecule has 0 atom stereocenters. The van der Waals surface area contributed by atoms with Crippen molar-refractivity contribution in [3.8, 4) is 90.1 Å². The number of nitrogens with zero attached hydrogens (tertiary/aromatic N) is 8. The van der Waals surface area contributed by atoms with Gasteiger partial charge in [-0.05, 0) is 184 Å². The first-order valence-corrected chi connectivity index (χ1v) is 65.8. The molecule has 8 nitrogen and oxygen atoms in total. The molecule has 0 bridgehead atoms. The van der Waals surface area contributed by atoms with Crippen molar-refractivity contribution in [2.24, 2.45) is 0 Å². The van der Waals surface area contributed by atoms with Crippen molar-refractivity contribution >= 4 is 179 Å². The molecular formula is C130H116Ir4N8S4Si4-8. The van der Waals surface area contributed by atoms with Crippen molar-refractivity contribution in [1.29, 1.82) is 0 Å². The summed E-state index contributed by atoms with van der Waals surface area (Å²) in [7, 11) is -5.52. The molecule has 20 heteroatoms. The number of rotatable bonds is 13. The summed E-state index contributed by atoms with van der Waals surface area (Å²) < 4.78 is 76.7. The summed E-state index contributed by atoms with van der Waals surface area (Å²) in [4.78, 5) is 34.9. The minimum Gasteiger partial charge on any atom is -0.305 e. The van der Waals surface area contributed by atoms with Crippen LogP contribution in [0.4, 0.5) is 0 Å². The van der Waals surface area contributed by atoms with Gasteiger partial charge in [0.05, 0.1) is 24.2 Å². The molecule has 24 aromatic rings. The van der Waals surface area contributed by atoms with Crippen LogP contribution in [-0.4, -0.2) is 72.2 Å². The number of hydrogen-bond acceptors (Lipinski definition) is 12. The average molecular weight is 2810 g/mol. The zero-order valence-corrected chi connectivity index (χ0v) is 102. The summed E-state index contributed by atoms with van der Waals surface area (Å²) in [5.41, 5.74) is 17.0. The molecule has 12 heterocycles. The third-order valence-electron chi connectivity index (χ3n) is 24.4. The van der Waals surface area contributed by atoms with Crippen LogP contribution in [-0.2, 0) is 80.4 Å². The number of thiophene rings is 4. The molecule has 0 saturated carbocycles. The van der Waals surface area contributed by atoms with Gasteiger partial charge in [0.25, 0.3) is 0 Å². The first-order valence-electron chi connectivity index (χ1n) is 53.1. The maximum Gasteiger partial charge on any atom is 0.0794 e. The van der Waals surface area contributed by atoms with E-state index in [1.807, 2.05) is 222 Å². The number of pyridine rings is 8. The van der Waals surface area contributed by atoms with Gasteiger partial charge in [0.1, 0.15) is 0 Å². The van der Waals surface area contributed by atoms with E-state index in [1.54, 1.807) is 46.8 Å². The van der Waals surface area contributed by atoms with E-state index in [2.05, 4.69) is 320 Å². The molecule has 0 aliphatic heterocycles. The number of aromatic nitrogens is 8. The third kappa shape index (κ3) is 28.6. The summed E-state index contributed by atoms with van der Waals surface area (Å²) in [5, 5.41) is 17.1. The summed E-state index contributed by atoms with van der Waals surface area (Å²) in [5.74, 6) is 0.537. The summed E-state index contributed by atoms with van der Waals surface area (Å²) in [6.07, 6.45) is 13.8. The van der Waals surface area contributed by atoms with E-state index >= 15 is 0 Å². The number of hydrogen-bond donors (Lipinski definition) is 0. The Hall–Kier alpha value is -11.8. The van der Waals surface area contributed by atoms with Crippen molar-refractivity contribution in [1.82, 2.24) is 39.9 Å². The Morgan fingerprint density at radius 2 is 0.593 bits per heavy atom. The second kappa shape index (κ2) is 53.0. The van der Waals surface area contributed by atoms with Gasteiger partial charge in [0.15, 0.2) is 0 Å². The smallest absolute Gasteiger partial charge is 0.0794 e. The van der Waals surface area contributed by atoms with Crippen molar-refractivity contribution in [3.63, 3.8) is 0 Å². The Bertz CT molecular complexity index is 8660. The van der Waals surface area contributed by atoms with Gasteiger partial charge in [-0.1, -0.05) is 280 Å². The molecule has 4 radical (unpaired) electrons. The van der Waals surface area contributed by atoms with Crippen LogP contribution >= 0.6 is 45.3 Å². The first kappa shape index (κ1) is 103. The molecular weight excluding hydrogens is 2680 g/mol. The van der Waals surface area contributed by atoms with Crippen LogP contribution in [0.15, 0.2) is 389 Å². The fraction of sp³-hybridized carbons (Fsp3) is 0.138. The minimum atomic E-state index is -2.09. The van der Waals surface area contributed by atoms with Crippen LogP contribution in [0.25, 0.3) is 171 Å². The largest absolute Gasteiger partial charge is 0.305 e. The predicted octanol–water partition coefficient (Wildman–Crippen LogP) is 34.1. The van der Waals surface area contributed by atoms with E-state index in [9.17, 15) is 0 Å². The molecule has 12 aromatic heterocycles. The van der Waals surface area contributed by atoms with Crippen molar-refractivity contribution in [2.75, 3.05) is 0 Å². The standard InChI is InChI=1S/4C20H18NSSi.C14H14N.3C12H10N.4Ir/c1-23(2,3)18-12-7-9-15-14-8-6-10-16(19(14)22-20(15)18)17-11-4-5-13-21-17;1-23(2,3)18-12-7-11-17-19(18)15-9-6-8-14(20(15)22-17)16-10-4-5-13-21-16;1-23(2,3)14-10-11-19-17(13-14)15-7-6-8-16(20(15)22-19)18-9-4-5-12-21-18;1-23(2,3)18-12-11-14(16-9-6-7-13-21-16)20-19(18)15-8-4-5-10-17(15)22-20;1-11(2)13-8-9-15-14(10-13)12-6-4-3-5-7-12;3*1-10-7-8-13-12(9-10)11-5-3-2-4-6-11;;;;/h4-9,11-13H,1-3H3;2*4-7,9-13H,1-3H3;4-10,12-13H,1-3H3;3-6,8-11H,1-2H3;3*2-5,7-9H,1H3;;;;/q8*-1;;;;/i;;;;;3*1D3;;;;. The van der Waals surface area contributed by atoms with Crippen LogP contribution in [0.1, 0.15) is 54.4 Å². The van der Waals surface area contributed by atoms with Gasteiger partial charge in [0, 0.05) is 169 Å². The Balaban J connectivity index is 0.000000151. The van der Waals surface area contributed by atoms with Gasteiger partial charge in [0.2, 0.25) is 0 Å². The molecule has 150 heavy (non-hydrogen) atoms. The molecule has 0 saturated heterocycles. The molecule has 12 aromatic carbocycles. The quantitative estimate of drug-likeness (QED) is 0.0831. The summed E-state index contributed by atoms with van der Waals surface area (Å²) >= 11 is 7.48. The molecule has 0 N–H and O–H groups in total. The monoisotopic (exact) mass is 2810 g/mol. The van der Waals surface area contributed by atoms with Gasteiger partial charge < -0.3 is 39.9 Å². The predicted molar refractivity (Wildman–Crippen MR) is 640 cm³/mol.